The molecule has 3 heterocycles. The number of nitrogens with one attached hydrogen (secondary N) is 1. The van der Waals surface area contributed by atoms with Crippen LogP contribution in [-0.2, 0) is 11.3 Å². The van der Waals surface area contributed by atoms with Gasteiger partial charge >= 0.3 is 0 Å². The van der Waals surface area contributed by atoms with Gasteiger partial charge < -0.3 is 10.1 Å². The number of amides is 1. The molecule has 0 fully saturated rings. The van der Waals surface area contributed by atoms with E-state index < -0.39 is 0 Å². The van der Waals surface area contributed by atoms with E-state index in [4.69, 9.17) is 4.74 Å². The number of fused-ring (bicyclic) bond motifs is 1. The molecule has 4 rings (SSSR count). The van der Waals surface area contributed by atoms with Crippen molar-refractivity contribution in [2.24, 2.45) is 0 Å². The molecule has 0 radical (unpaired) electrons. The van der Waals surface area contributed by atoms with Gasteiger partial charge in [0.05, 0.1) is 24.5 Å². The van der Waals surface area contributed by atoms with Gasteiger partial charge in [-0.25, -0.2) is 4.98 Å². The van der Waals surface area contributed by atoms with E-state index in [1.165, 1.54) is 27.1 Å². The highest BCUT2D eigenvalue weighted by Crippen LogP contribution is 2.34. The molecule has 0 spiro atoms. The van der Waals surface area contributed by atoms with E-state index in [0.717, 1.165) is 16.0 Å². The number of aryl methyl sites for hydroxylation is 2. The summed E-state index contributed by atoms with van der Waals surface area (Å²) in [5, 5.41) is 5.33. The zero-order chi connectivity index (χ0) is 20.5. The highest BCUT2D eigenvalue weighted by atomic mass is 32.1. The Kier molecular flexibility index (Phi) is 5.21. The van der Waals surface area contributed by atoms with Crippen LogP contribution in [0.2, 0.25) is 0 Å². The number of benzene rings is 1. The van der Waals surface area contributed by atoms with Crippen LogP contribution in [0.3, 0.4) is 0 Å². The van der Waals surface area contributed by atoms with E-state index in [0.29, 0.717) is 21.7 Å². The Morgan fingerprint density at radius 1 is 1.24 bits per heavy atom. The molecule has 0 saturated heterocycles. The van der Waals surface area contributed by atoms with Gasteiger partial charge in [-0.15, -0.1) is 22.7 Å². The van der Waals surface area contributed by atoms with Crippen molar-refractivity contribution >= 4 is 44.5 Å². The van der Waals surface area contributed by atoms with Crippen LogP contribution in [0.15, 0.2) is 46.8 Å². The van der Waals surface area contributed by atoms with Crippen LogP contribution < -0.4 is 15.6 Å². The van der Waals surface area contributed by atoms with E-state index in [1.54, 1.807) is 24.5 Å². The second-order valence-corrected chi connectivity index (χ2v) is 8.82. The molecule has 0 aliphatic carbocycles. The molecule has 148 valence electrons. The van der Waals surface area contributed by atoms with Gasteiger partial charge in [0.2, 0.25) is 5.91 Å². The number of anilines is 1. The van der Waals surface area contributed by atoms with E-state index in [2.05, 4.69) is 10.3 Å². The highest BCUT2D eigenvalue weighted by molar-refractivity contribution is 7.19. The Hall–Kier alpha value is -2.97. The Labute approximate surface area is 175 Å². The first-order chi connectivity index (χ1) is 14.0. The zero-order valence-corrected chi connectivity index (χ0v) is 17.8. The quantitative estimate of drug-likeness (QED) is 0.513. The molecule has 0 aliphatic rings. The number of hydrogen-bond donors (Lipinski definition) is 1. The number of hydrogen-bond acceptors (Lipinski definition) is 6. The second kappa shape index (κ2) is 7.81. The number of carbonyl (C=O) groups excluding carboxylic acids is 1. The monoisotopic (exact) mass is 425 g/mol. The van der Waals surface area contributed by atoms with Gasteiger partial charge in [-0.05, 0) is 43.7 Å². The van der Waals surface area contributed by atoms with Crippen LogP contribution in [0.5, 0.6) is 5.75 Å². The average Bonchev–Trinajstić information content (AvgIpc) is 3.30. The van der Waals surface area contributed by atoms with Crippen molar-refractivity contribution in [1.82, 2.24) is 9.55 Å². The minimum Gasteiger partial charge on any atom is -0.495 e. The van der Waals surface area contributed by atoms with Gasteiger partial charge in [-0.1, -0.05) is 6.07 Å². The standard InChI is InChI=1S/C21H19N3O3S2/c1-12-4-6-16(27-3)15(8-12)23-18(25)9-24-11-22-20-19(21(24)26)14(10-28-20)17-7-5-13(2)29-17/h4-8,10-11H,9H2,1-3H3,(H,23,25). The Morgan fingerprint density at radius 2 is 2.07 bits per heavy atom. The highest BCUT2D eigenvalue weighted by Gasteiger charge is 2.16. The third-order valence-electron chi connectivity index (χ3n) is 4.51. The maximum absolute atomic E-state index is 13.1. The predicted octanol–water partition coefficient (Wildman–Crippen LogP) is 4.45. The van der Waals surface area contributed by atoms with Crippen LogP contribution in [-0.4, -0.2) is 22.6 Å². The fourth-order valence-electron chi connectivity index (χ4n) is 3.10. The normalized spacial score (nSPS) is 11.0. The maximum atomic E-state index is 13.1. The molecule has 6 nitrogen and oxygen atoms in total. The smallest absolute Gasteiger partial charge is 0.263 e. The number of ether oxygens (including phenoxy) is 1. The summed E-state index contributed by atoms with van der Waals surface area (Å²) in [6, 6.07) is 9.57. The molecule has 1 aromatic carbocycles. The van der Waals surface area contributed by atoms with E-state index in [1.807, 2.05) is 43.5 Å². The minimum atomic E-state index is -0.319. The van der Waals surface area contributed by atoms with Gasteiger partial charge in [0.25, 0.3) is 5.56 Å². The molecule has 0 saturated carbocycles. The fourth-order valence-corrected chi connectivity index (χ4v) is 4.97. The van der Waals surface area contributed by atoms with Gasteiger partial charge in [0.15, 0.2) is 0 Å². The van der Waals surface area contributed by atoms with Crippen molar-refractivity contribution in [2.75, 3.05) is 12.4 Å². The zero-order valence-electron chi connectivity index (χ0n) is 16.2. The maximum Gasteiger partial charge on any atom is 0.263 e. The summed E-state index contributed by atoms with van der Waals surface area (Å²) in [7, 11) is 1.55. The average molecular weight is 426 g/mol. The SMILES string of the molecule is COc1ccc(C)cc1NC(=O)Cn1cnc2scc(-c3ccc(C)s3)c2c1=O. The molecule has 3 aromatic heterocycles. The van der Waals surface area contributed by atoms with Crippen LogP contribution >= 0.6 is 22.7 Å². The Balaban J connectivity index is 1.65. The van der Waals surface area contributed by atoms with Gasteiger partial charge in [-0.3, -0.25) is 14.2 Å². The lowest BCUT2D eigenvalue weighted by molar-refractivity contribution is -0.116. The van der Waals surface area contributed by atoms with Crippen molar-refractivity contribution in [3.05, 3.63) is 62.8 Å². The van der Waals surface area contributed by atoms with Crippen molar-refractivity contribution in [3.8, 4) is 16.2 Å². The van der Waals surface area contributed by atoms with E-state index in [-0.39, 0.29) is 18.0 Å². The van der Waals surface area contributed by atoms with E-state index in [9.17, 15) is 9.59 Å². The first-order valence-corrected chi connectivity index (χ1v) is 10.6. The summed E-state index contributed by atoms with van der Waals surface area (Å²) in [6.45, 7) is 3.84. The minimum absolute atomic E-state index is 0.127. The summed E-state index contributed by atoms with van der Waals surface area (Å²) >= 11 is 3.07. The Bertz CT molecular complexity index is 1270. The third kappa shape index (κ3) is 3.81. The summed E-state index contributed by atoms with van der Waals surface area (Å²) in [5.41, 5.74) is 2.22. The predicted molar refractivity (Wildman–Crippen MR) is 118 cm³/mol. The molecule has 0 aliphatic heterocycles. The molecule has 0 atom stereocenters. The van der Waals surface area contributed by atoms with Gasteiger partial charge in [0.1, 0.15) is 17.1 Å². The van der Waals surface area contributed by atoms with Crippen LogP contribution in [0.25, 0.3) is 20.7 Å². The molecular weight excluding hydrogens is 406 g/mol. The van der Waals surface area contributed by atoms with Gasteiger partial charge in [0, 0.05) is 20.7 Å². The molecular formula is C21H19N3O3S2. The molecule has 0 unspecified atom stereocenters. The molecule has 4 aromatic rings. The van der Waals surface area contributed by atoms with Crippen molar-refractivity contribution in [3.63, 3.8) is 0 Å². The van der Waals surface area contributed by atoms with E-state index >= 15 is 0 Å². The van der Waals surface area contributed by atoms with Crippen molar-refractivity contribution in [1.29, 1.82) is 0 Å². The van der Waals surface area contributed by atoms with Crippen molar-refractivity contribution in [2.45, 2.75) is 20.4 Å². The number of rotatable bonds is 5. The summed E-state index contributed by atoms with van der Waals surface area (Å²) < 4.78 is 6.64. The number of thiophene rings is 2. The number of carbonyl (C=O) groups is 1. The molecule has 8 heteroatoms. The summed E-state index contributed by atoms with van der Waals surface area (Å²) in [4.78, 5) is 32.9. The summed E-state index contributed by atoms with van der Waals surface area (Å²) in [6.07, 6.45) is 1.43. The number of nitrogens with zero attached hydrogens (tertiary/aromatic N) is 2. The largest absolute Gasteiger partial charge is 0.495 e. The topological polar surface area (TPSA) is 73.2 Å². The lowest BCUT2D eigenvalue weighted by Gasteiger charge is -2.12. The first kappa shape index (κ1) is 19.4. The second-order valence-electron chi connectivity index (χ2n) is 6.67. The number of aromatic nitrogens is 2. The van der Waals surface area contributed by atoms with Gasteiger partial charge in [-0.2, -0.15) is 0 Å². The molecule has 1 N–H and O–H groups in total. The Morgan fingerprint density at radius 3 is 2.79 bits per heavy atom. The van der Waals surface area contributed by atoms with Crippen molar-refractivity contribution < 1.29 is 9.53 Å². The summed E-state index contributed by atoms with van der Waals surface area (Å²) in [5.74, 6) is 0.249. The lowest BCUT2D eigenvalue weighted by atomic mass is 10.2. The molecule has 1 amide bonds. The molecule has 0 bridgehead atoms. The van der Waals surface area contributed by atoms with Crippen LogP contribution in [0, 0.1) is 13.8 Å². The molecule has 29 heavy (non-hydrogen) atoms. The fraction of sp³-hybridized carbons (Fsp3) is 0.190. The van der Waals surface area contributed by atoms with Crippen LogP contribution in [0.1, 0.15) is 10.4 Å². The van der Waals surface area contributed by atoms with Crippen LogP contribution in [0.4, 0.5) is 5.69 Å². The third-order valence-corrected chi connectivity index (χ3v) is 6.43. The number of methoxy groups -OCH3 is 1. The lowest BCUT2D eigenvalue weighted by Crippen LogP contribution is -2.28. The first-order valence-electron chi connectivity index (χ1n) is 8.94.